The van der Waals surface area contributed by atoms with Gasteiger partial charge in [-0.25, -0.2) is 4.39 Å². The molecule has 1 aliphatic carbocycles. The fraction of sp³-hybridized carbons (Fsp3) is 0.467. The molecule has 0 heterocycles. The van der Waals surface area contributed by atoms with Crippen molar-refractivity contribution >= 4 is 11.8 Å². The van der Waals surface area contributed by atoms with Crippen LogP contribution in [0.2, 0.25) is 0 Å². The minimum absolute atomic E-state index is 0.0127. The lowest BCUT2D eigenvalue weighted by Crippen LogP contribution is -3.11. The first-order valence-corrected chi connectivity index (χ1v) is 7.15. The van der Waals surface area contributed by atoms with E-state index in [2.05, 4.69) is 10.6 Å². The molecule has 0 bridgehead atoms. The third-order valence-electron chi connectivity index (χ3n) is 3.27. The van der Waals surface area contributed by atoms with E-state index in [1.165, 1.54) is 12.1 Å². The number of rotatable bonds is 7. The van der Waals surface area contributed by atoms with E-state index in [1.807, 2.05) is 7.05 Å². The maximum absolute atomic E-state index is 12.7. The highest BCUT2D eigenvalue weighted by molar-refractivity contribution is 5.79. The molecule has 0 aliphatic heterocycles. The predicted molar refractivity (Wildman–Crippen MR) is 76.0 cm³/mol. The molecule has 2 rings (SSSR count). The van der Waals surface area contributed by atoms with Crippen molar-refractivity contribution < 1.29 is 18.9 Å². The van der Waals surface area contributed by atoms with Crippen molar-refractivity contribution in [3.05, 3.63) is 35.6 Å². The molecule has 1 aliphatic rings. The summed E-state index contributed by atoms with van der Waals surface area (Å²) in [4.78, 5) is 24.2. The zero-order valence-corrected chi connectivity index (χ0v) is 12.1. The first-order valence-electron chi connectivity index (χ1n) is 7.15. The van der Waals surface area contributed by atoms with Crippen LogP contribution in [0.1, 0.15) is 18.4 Å². The molecule has 5 nitrogen and oxygen atoms in total. The molecule has 0 radical (unpaired) electrons. The number of carbonyl (C=O) groups excluding carboxylic acids is 2. The normalized spacial score (nSPS) is 15.3. The van der Waals surface area contributed by atoms with E-state index in [4.69, 9.17) is 0 Å². The van der Waals surface area contributed by atoms with Crippen molar-refractivity contribution in [3.63, 3.8) is 0 Å². The van der Waals surface area contributed by atoms with Crippen LogP contribution < -0.4 is 15.5 Å². The SMILES string of the molecule is C[NH+](CC(=O)NCc1ccc(F)cc1)CC(=O)NC1CC1. The minimum Gasteiger partial charge on any atom is -0.348 e. The van der Waals surface area contributed by atoms with Gasteiger partial charge in [0.1, 0.15) is 5.82 Å². The third kappa shape index (κ3) is 5.91. The van der Waals surface area contributed by atoms with Gasteiger partial charge in [-0.3, -0.25) is 9.59 Å². The molecule has 1 atom stereocenters. The van der Waals surface area contributed by atoms with Gasteiger partial charge in [0, 0.05) is 12.6 Å². The molecule has 1 aromatic rings. The van der Waals surface area contributed by atoms with Gasteiger partial charge in [0.2, 0.25) is 0 Å². The Bertz CT molecular complexity index is 500. The standard InChI is InChI=1S/C15H20FN3O2/c1-19(10-15(21)18-13-6-7-13)9-14(20)17-8-11-2-4-12(16)5-3-11/h2-5,13H,6-10H2,1H3,(H,17,20)(H,18,21)/p+1. The molecule has 0 spiro atoms. The zero-order chi connectivity index (χ0) is 15.2. The van der Waals surface area contributed by atoms with Crippen LogP contribution in [0.4, 0.5) is 4.39 Å². The Hall–Kier alpha value is -1.95. The van der Waals surface area contributed by atoms with Gasteiger partial charge in [0.05, 0.1) is 7.05 Å². The molecule has 2 amide bonds. The van der Waals surface area contributed by atoms with Gasteiger partial charge in [0.15, 0.2) is 13.1 Å². The van der Waals surface area contributed by atoms with Gasteiger partial charge in [-0.2, -0.15) is 0 Å². The first kappa shape index (κ1) is 15.4. The van der Waals surface area contributed by atoms with E-state index >= 15 is 0 Å². The molecule has 1 unspecified atom stereocenters. The van der Waals surface area contributed by atoms with E-state index in [0.717, 1.165) is 23.3 Å². The number of nitrogens with one attached hydrogen (secondary N) is 3. The highest BCUT2D eigenvalue weighted by Crippen LogP contribution is 2.17. The summed E-state index contributed by atoms with van der Waals surface area (Å²) in [5, 5.41) is 5.66. The monoisotopic (exact) mass is 294 g/mol. The van der Waals surface area contributed by atoms with Crippen molar-refractivity contribution in [2.24, 2.45) is 0 Å². The summed E-state index contributed by atoms with van der Waals surface area (Å²) in [5.41, 5.74) is 0.842. The molecule has 3 N–H and O–H groups in total. The lowest BCUT2D eigenvalue weighted by atomic mass is 10.2. The average molecular weight is 294 g/mol. The van der Waals surface area contributed by atoms with Crippen molar-refractivity contribution in [1.82, 2.24) is 10.6 Å². The summed E-state index contributed by atoms with van der Waals surface area (Å²) in [6, 6.07) is 6.34. The summed E-state index contributed by atoms with van der Waals surface area (Å²) in [7, 11) is 1.81. The van der Waals surface area contributed by atoms with Crippen LogP contribution in [0, 0.1) is 5.82 Å². The number of carbonyl (C=O) groups is 2. The molecule has 6 heteroatoms. The second kappa shape index (κ2) is 7.17. The quantitative estimate of drug-likeness (QED) is 0.619. The third-order valence-corrected chi connectivity index (χ3v) is 3.27. The fourth-order valence-corrected chi connectivity index (χ4v) is 1.98. The largest absolute Gasteiger partial charge is 0.348 e. The van der Waals surface area contributed by atoms with Crippen LogP contribution in [0.3, 0.4) is 0 Å². The van der Waals surface area contributed by atoms with Gasteiger partial charge in [-0.1, -0.05) is 12.1 Å². The van der Waals surface area contributed by atoms with Gasteiger partial charge in [-0.05, 0) is 30.5 Å². The Morgan fingerprint density at radius 2 is 1.81 bits per heavy atom. The van der Waals surface area contributed by atoms with Crippen molar-refractivity contribution in [3.8, 4) is 0 Å². The predicted octanol–water partition coefficient (Wildman–Crippen LogP) is -0.765. The van der Waals surface area contributed by atoms with E-state index in [0.29, 0.717) is 19.1 Å². The average Bonchev–Trinajstić information content (AvgIpc) is 3.21. The van der Waals surface area contributed by atoms with Crippen molar-refractivity contribution in [1.29, 1.82) is 0 Å². The maximum Gasteiger partial charge on any atom is 0.275 e. The second-order valence-electron chi connectivity index (χ2n) is 5.56. The van der Waals surface area contributed by atoms with Gasteiger partial charge >= 0.3 is 0 Å². The van der Waals surface area contributed by atoms with E-state index in [1.54, 1.807) is 12.1 Å². The number of quaternary nitrogens is 1. The van der Waals surface area contributed by atoms with Gasteiger partial charge < -0.3 is 15.5 Å². The van der Waals surface area contributed by atoms with Gasteiger partial charge in [-0.15, -0.1) is 0 Å². The fourth-order valence-electron chi connectivity index (χ4n) is 1.98. The number of likely N-dealkylation sites (N-methyl/N-ethyl adjacent to an activating group) is 1. The molecule has 0 aromatic heterocycles. The van der Waals surface area contributed by atoms with E-state index in [-0.39, 0.29) is 24.2 Å². The molecular formula is C15H21FN3O2+. The van der Waals surface area contributed by atoms with Crippen LogP contribution in [0.5, 0.6) is 0 Å². The lowest BCUT2D eigenvalue weighted by molar-refractivity contribution is -0.862. The summed E-state index contributed by atoms with van der Waals surface area (Å²) in [6.45, 7) is 0.889. The van der Waals surface area contributed by atoms with E-state index < -0.39 is 0 Å². The smallest absolute Gasteiger partial charge is 0.275 e. The highest BCUT2D eigenvalue weighted by atomic mass is 19.1. The molecule has 21 heavy (non-hydrogen) atoms. The van der Waals surface area contributed by atoms with Crippen molar-refractivity contribution in [2.45, 2.75) is 25.4 Å². The number of benzene rings is 1. The van der Waals surface area contributed by atoms with Crippen molar-refractivity contribution in [2.75, 3.05) is 20.1 Å². The Labute approximate surface area is 123 Å². The summed E-state index contributed by atoms with van der Waals surface area (Å²) in [6.07, 6.45) is 2.12. The van der Waals surface area contributed by atoms with Crippen LogP contribution in [-0.4, -0.2) is 38.0 Å². The maximum atomic E-state index is 12.7. The Morgan fingerprint density at radius 3 is 2.43 bits per heavy atom. The topological polar surface area (TPSA) is 62.6 Å². The highest BCUT2D eigenvalue weighted by Gasteiger charge is 2.24. The summed E-state index contributed by atoms with van der Waals surface area (Å²) < 4.78 is 12.7. The second-order valence-corrected chi connectivity index (χ2v) is 5.56. The first-order chi connectivity index (χ1) is 10.0. The van der Waals surface area contributed by atoms with Crippen LogP contribution in [0.25, 0.3) is 0 Å². The number of amides is 2. The lowest BCUT2D eigenvalue weighted by Gasteiger charge is -2.13. The van der Waals surface area contributed by atoms with Gasteiger partial charge in [0.25, 0.3) is 11.8 Å². The van der Waals surface area contributed by atoms with Crippen LogP contribution in [-0.2, 0) is 16.1 Å². The Balaban J connectivity index is 1.65. The molecule has 114 valence electrons. The zero-order valence-electron chi connectivity index (χ0n) is 12.1. The number of hydrogen-bond acceptors (Lipinski definition) is 2. The molecule has 1 aromatic carbocycles. The molecule has 1 saturated carbocycles. The van der Waals surface area contributed by atoms with E-state index in [9.17, 15) is 14.0 Å². The molecule has 1 fully saturated rings. The Morgan fingerprint density at radius 1 is 1.19 bits per heavy atom. The Kier molecular flexibility index (Phi) is 5.27. The molecule has 0 saturated heterocycles. The summed E-state index contributed by atoms with van der Waals surface area (Å²) in [5.74, 6) is -0.437. The number of hydrogen-bond donors (Lipinski definition) is 3. The van der Waals surface area contributed by atoms with Crippen LogP contribution >= 0.6 is 0 Å². The van der Waals surface area contributed by atoms with Crippen LogP contribution in [0.15, 0.2) is 24.3 Å². The number of halogens is 1. The summed E-state index contributed by atoms with van der Waals surface area (Å²) >= 11 is 0. The minimum atomic E-state index is -0.295. The molecular weight excluding hydrogens is 273 g/mol.